The van der Waals surface area contributed by atoms with E-state index in [1.165, 1.54) is 27.8 Å². The molecule has 0 amide bonds. The molecular formula is C60H53N4OPt-3. The fraction of sp³-hybridized carbons (Fsp3) is 0.167. The van der Waals surface area contributed by atoms with Crippen LogP contribution in [0.2, 0.25) is 0 Å². The van der Waals surface area contributed by atoms with Gasteiger partial charge in [0.1, 0.15) is 5.82 Å². The van der Waals surface area contributed by atoms with Crippen molar-refractivity contribution in [1.29, 1.82) is 0 Å². The molecule has 1 aliphatic rings. The van der Waals surface area contributed by atoms with Gasteiger partial charge in [0.05, 0.1) is 0 Å². The van der Waals surface area contributed by atoms with Crippen molar-refractivity contribution in [2.24, 2.45) is 0 Å². The summed E-state index contributed by atoms with van der Waals surface area (Å²) >= 11 is 0. The number of nitrogens with zero attached hydrogens (tertiary/aromatic N) is 4. The summed E-state index contributed by atoms with van der Waals surface area (Å²) in [6.07, 6.45) is 4.13. The van der Waals surface area contributed by atoms with Crippen molar-refractivity contribution in [2.75, 3.05) is 9.80 Å². The standard InChI is InChI=1S/C60H53N4O.Pt/c1-58(2,3)45-32-33-61-57(37-45)64-54-29-18-17-28-52(54)53-31-30-51(39-55(53)64)65-50-27-19-26-48(38-50)63-41-62(40-56(63)42-20-11-8-12-21-42)49-35-46(59(4,5)43-22-13-9-14-23-43)34-47(36-49)60(6,7)44-24-15-10-16-25-44;/h8-37,40-41H,1-7H3;/q-3;. The number of benzene rings is 7. The third-order valence-corrected chi connectivity index (χ3v) is 13.1. The first kappa shape index (κ1) is 44.5. The van der Waals surface area contributed by atoms with E-state index in [0.717, 1.165) is 50.3 Å². The molecule has 0 saturated carbocycles. The predicted molar refractivity (Wildman–Crippen MR) is 269 cm³/mol. The summed E-state index contributed by atoms with van der Waals surface area (Å²) < 4.78 is 8.87. The normalized spacial score (nSPS) is 13.2. The van der Waals surface area contributed by atoms with Gasteiger partial charge in [-0.15, -0.1) is 48.1 Å². The Kier molecular flexibility index (Phi) is 11.9. The first-order chi connectivity index (χ1) is 31.3. The van der Waals surface area contributed by atoms with E-state index in [1.54, 1.807) is 0 Å². The maximum atomic E-state index is 6.68. The molecule has 0 unspecified atom stereocenters. The van der Waals surface area contributed by atoms with Crippen molar-refractivity contribution in [1.82, 2.24) is 9.55 Å². The molecule has 2 aromatic heterocycles. The van der Waals surface area contributed by atoms with Crippen LogP contribution in [-0.2, 0) is 37.3 Å². The molecule has 7 aromatic carbocycles. The van der Waals surface area contributed by atoms with Crippen LogP contribution in [0.25, 0.3) is 33.3 Å². The Morgan fingerprint density at radius 1 is 0.530 bits per heavy atom. The average Bonchev–Trinajstić information content (AvgIpc) is 3.92. The Labute approximate surface area is 404 Å². The van der Waals surface area contributed by atoms with Crippen molar-refractivity contribution in [3.05, 3.63) is 241 Å². The molecule has 0 N–H and O–H groups in total. The van der Waals surface area contributed by atoms with E-state index in [2.05, 4.69) is 246 Å². The van der Waals surface area contributed by atoms with Crippen LogP contribution in [0, 0.1) is 18.8 Å². The Balaban J connectivity index is 0.00000548. The smallest absolute Gasteiger partial charge is 0.135 e. The molecule has 0 atom stereocenters. The van der Waals surface area contributed by atoms with Crippen LogP contribution >= 0.6 is 0 Å². The molecule has 0 fully saturated rings. The van der Waals surface area contributed by atoms with Gasteiger partial charge in [0.2, 0.25) is 0 Å². The van der Waals surface area contributed by atoms with E-state index in [1.807, 2.05) is 24.4 Å². The number of anilines is 2. The van der Waals surface area contributed by atoms with Crippen LogP contribution in [0.3, 0.4) is 0 Å². The Morgan fingerprint density at radius 2 is 1.14 bits per heavy atom. The summed E-state index contributed by atoms with van der Waals surface area (Å²) in [5, 5.41) is 2.23. The minimum atomic E-state index is -0.259. The second-order valence-electron chi connectivity index (χ2n) is 19.1. The van der Waals surface area contributed by atoms with Gasteiger partial charge < -0.3 is 19.1 Å². The second-order valence-corrected chi connectivity index (χ2v) is 19.1. The van der Waals surface area contributed by atoms with Gasteiger partial charge in [-0.05, 0) is 80.7 Å². The maximum absolute atomic E-state index is 6.68. The largest absolute Gasteiger partial charge is 0.509 e. The molecule has 0 radical (unpaired) electrons. The van der Waals surface area contributed by atoms with Crippen molar-refractivity contribution in [3.63, 3.8) is 0 Å². The zero-order valence-corrected chi connectivity index (χ0v) is 40.8. The van der Waals surface area contributed by atoms with Crippen molar-refractivity contribution in [2.45, 2.75) is 64.7 Å². The van der Waals surface area contributed by atoms with E-state index in [0.29, 0.717) is 11.5 Å². The van der Waals surface area contributed by atoms with Gasteiger partial charge in [-0.25, -0.2) is 4.98 Å². The topological polar surface area (TPSA) is 33.5 Å². The van der Waals surface area contributed by atoms with Crippen molar-refractivity contribution >= 4 is 38.9 Å². The fourth-order valence-electron chi connectivity index (χ4n) is 9.03. The molecule has 10 rings (SSSR count). The first-order valence-corrected chi connectivity index (χ1v) is 22.4. The number of aromatic nitrogens is 2. The van der Waals surface area contributed by atoms with Gasteiger partial charge >= 0.3 is 0 Å². The zero-order valence-electron chi connectivity index (χ0n) is 38.5. The Bertz CT molecular complexity index is 3130. The summed E-state index contributed by atoms with van der Waals surface area (Å²) in [6, 6.07) is 69.5. The zero-order chi connectivity index (χ0) is 44.9. The van der Waals surface area contributed by atoms with Gasteiger partial charge in [-0.3, -0.25) is 0 Å². The Hall–Kier alpha value is -6.68. The number of hydrogen-bond donors (Lipinski definition) is 0. The monoisotopic (exact) mass is 1040 g/mol. The van der Waals surface area contributed by atoms with Crippen molar-refractivity contribution < 1.29 is 25.8 Å². The molecular weight excluding hydrogens is 988 g/mol. The number of para-hydroxylation sites is 1. The van der Waals surface area contributed by atoms with Crippen LogP contribution in [0.5, 0.6) is 11.5 Å². The molecule has 0 bridgehead atoms. The minimum Gasteiger partial charge on any atom is -0.509 e. The molecule has 5 nitrogen and oxygen atoms in total. The third-order valence-electron chi connectivity index (χ3n) is 13.1. The van der Waals surface area contributed by atoms with Crippen LogP contribution in [0.15, 0.2) is 188 Å². The van der Waals surface area contributed by atoms with E-state index in [4.69, 9.17) is 9.72 Å². The minimum absolute atomic E-state index is 0. The molecule has 0 saturated heterocycles. The van der Waals surface area contributed by atoms with Gasteiger partial charge in [0, 0.05) is 66.5 Å². The maximum Gasteiger partial charge on any atom is 0.135 e. The average molecular weight is 1040 g/mol. The van der Waals surface area contributed by atoms with Gasteiger partial charge in [0.15, 0.2) is 0 Å². The molecule has 66 heavy (non-hydrogen) atoms. The molecule has 0 spiro atoms. The van der Waals surface area contributed by atoms with Crippen LogP contribution in [-0.4, -0.2) is 9.55 Å². The van der Waals surface area contributed by atoms with Gasteiger partial charge in [-0.1, -0.05) is 169 Å². The van der Waals surface area contributed by atoms with E-state index in [9.17, 15) is 0 Å². The molecule has 332 valence electrons. The summed E-state index contributed by atoms with van der Waals surface area (Å²) in [4.78, 5) is 9.32. The SMILES string of the molecule is CC(C)(C)c1ccnc(-n2c3[c-]c(Oc4[c-]c(N5[CH-]N(c6cc(C(C)(C)c7ccccc7)cc(C(C)(C)c7ccccc7)c6)C=C5c5ccccc5)ccc4)ccc3c3ccccc32)c1.[Pt]. The molecule has 9 aromatic rings. The Morgan fingerprint density at radius 3 is 1.79 bits per heavy atom. The fourth-order valence-corrected chi connectivity index (χ4v) is 9.03. The summed E-state index contributed by atoms with van der Waals surface area (Å²) in [5.41, 5.74) is 11.7. The number of hydrogen-bond acceptors (Lipinski definition) is 4. The summed E-state index contributed by atoms with van der Waals surface area (Å²) in [6.45, 7) is 18.1. The number of rotatable bonds is 10. The molecule has 6 heteroatoms. The van der Waals surface area contributed by atoms with Crippen LogP contribution in [0.4, 0.5) is 11.4 Å². The molecule has 3 heterocycles. The number of ether oxygens (including phenoxy) is 1. The van der Waals surface area contributed by atoms with E-state index < -0.39 is 0 Å². The quantitative estimate of drug-likeness (QED) is 0.128. The van der Waals surface area contributed by atoms with Gasteiger partial charge in [0.25, 0.3) is 0 Å². The molecule has 1 aliphatic heterocycles. The number of fused-ring (bicyclic) bond motifs is 3. The predicted octanol–water partition coefficient (Wildman–Crippen LogP) is 15.0. The van der Waals surface area contributed by atoms with Crippen molar-refractivity contribution in [3.8, 4) is 17.3 Å². The molecule has 0 aliphatic carbocycles. The first-order valence-electron chi connectivity index (χ1n) is 22.4. The number of pyridine rings is 1. The summed E-state index contributed by atoms with van der Waals surface area (Å²) in [5.74, 6) is 2.04. The third kappa shape index (κ3) is 8.38. The second kappa shape index (κ2) is 17.6. The van der Waals surface area contributed by atoms with E-state index >= 15 is 0 Å². The van der Waals surface area contributed by atoms with E-state index in [-0.39, 0.29) is 37.3 Å². The summed E-state index contributed by atoms with van der Waals surface area (Å²) in [7, 11) is 0. The van der Waals surface area contributed by atoms with Gasteiger partial charge in [-0.2, -0.15) is 12.1 Å². The van der Waals surface area contributed by atoms with Crippen LogP contribution < -0.4 is 14.5 Å². The van der Waals surface area contributed by atoms with Crippen LogP contribution in [0.1, 0.15) is 81.8 Å².